The van der Waals surface area contributed by atoms with Crippen molar-refractivity contribution in [3.63, 3.8) is 0 Å². The number of nitrogens with zero attached hydrogens (tertiary/aromatic N) is 6. The third kappa shape index (κ3) is 6.74. The molecule has 0 aromatic rings. The van der Waals surface area contributed by atoms with Gasteiger partial charge in [0.15, 0.2) is 0 Å². The first-order chi connectivity index (χ1) is 12.8. The summed E-state index contributed by atoms with van der Waals surface area (Å²) in [7, 11) is 13.4. The molecular weight excluding hydrogens is 556 g/mol. The smallest absolute Gasteiger partial charge is 0.358 e. The van der Waals surface area contributed by atoms with Gasteiger partial charge in [-0.2, -0.15) is 0 Å². The van der Waals surface area contributed by atoms with Gasteiger partial charge in [-0.15, -0.1) is 0 Å². The van der Waals surface area contributed by atoms with Crippen molar-refractivity contribution in [3.8, 4) is 0 Å². The van der Waals surface area contributed by atoms with Crippen molar-refractivity contribution in [1.82, 2.24) is 29.4 Å². The molecule has 0 aromatic carbocycles. The molecule has 8 heterocycles. The molecule has 8 fully saturated rings. The normalized spacial score (nSPS) is 38.9. The zero-order chi connectivity index (χ0) is 19.3. The maximum atomic E-state index is 2.50. The van der Waals surface area contributed by atoms with Gasteiger partial charge >= 0.3 is 21.1 Å². The summed E-state index contributed by atoms with van der Waals surface area (Å²) in [4.78, 5) is 14.8. The van der Waals surface area contributed by atoms with E-state index in [1.165, 1.54) is 58.5 Å². The first-order valence-electron chi connectivity index (χ1n) is 11.0. The number of rotatable bonds is 0. The van der Waals surface area contributed by atoms with Crippen molar-refractivity contribution in [2.45, 2.75) is 62.9 Å². The van der Waals surface area contributed by atoms with Gasteiger partial charge in [-0.1, -0.05) is 7.43 Å². The van der Waals surface area contributed by atoms with Gasteiger partial charge in [0.1, 0.15) is 0 Å². The van der Waals surface area contributed by atoms with E-state index in [9.17, 15) is 0 Å². The van der Waals surface area contributed by atoms with E-state index in [0.717, 1.165) is 36.3 Å². The third-order valence-electron chi connectivity index (χ3n) is 8.27. The van der Waals surface area contributed by atoms with Crippen molar-refractivity contribution in [2.24, 2.45) is 0 Å². The van der Waals surface area contributed by atoms with E-state index < -0.39 is 0 Å². The van der Waals surface area contributed by atoms with Crippen LogP contribution in [-0.4, -0.2) is 147 Å². The molecule has 6 bridgehead atoms. The summed E-state index contributed by atoms with van der Waals surface area (Å²) in [5.41, 5.74) is 0. The van der Waals surface area contributed by atoms with Crippen molar-refractivity contribution < 1.29 is 21.1 Å². The monoisotopic (exact) mass is 608 g/mol. The molecule has 0 radical (unpaired) electrons. The summed E-state index contributed by atoms with van der Waals surface area (Å²) in [5.74, 6) is 0. The molecule has 0 amide bonds. The Kier molecular flexibility index (Phi) is 13.0. The topological polar surface area (TPSA) is 19.4 Å². The number of fused-ring (bicyclic) bond motifs is 6. The molecule has 6 unspecified atom stereocenters. The average molecular weight is 609 g/mol. The van der Waals surface area contributed by atoms with Crippen LogP contribution in [-0.2, 0) is 21.1 Å². The molecule has 0 aliphatic carbocycles. The second kappa shape index (κ2) is 12.8. The summed E-state index contributed by atoms with van der Waals surface area (Å²) >= 11 is 0. The van der Waals surface area contributed by atoms with E-state index in [2.05, 4.69) is 71.7 Å². The molecule has 7 heteroatoms. The summed E-state index contributed by atoms with van der Waals surface area (Å²) < 4.78 is 0. The van der Waals surface area contributed by atoms with Gasteiger partial charge in [-0.05, 0) is 61.5 Å². The van der Waals surface area contributed by atoms with Crippen LogP contribution in [0, 0.1) is 14.9 Å². The number of hydrogen-bond donors (Lipinski definition) is 0. The second-order valence-electron chi connectivity index (χ2n) is 10.3. The Balaban J connectivity index is 0.000000409. The van der Waals surface area contributed by atoms with Gasteiger partial charge in [-0.3, -0.25) is 9.80 Å². The third-order valence-corrected chi connectivity index (χ3v) is 8.27. The zero-order valence-electron chi connectivity index (χ0n) is 20.9. The number of piperazine rings is 3. The Bertz CT molecular complexity index is 450. The van der Waals surface area contributed by atoms with Crippen molar-refractivity contribution in [2.75, 3.05) is 81.6 Å². The Hall–Kier alpha value is 0.448. The maximum Gasteiger partial charge on any atom is 2.00 e. The van der Waals surface area contributed by atoms with Crippen LogP contribution >= 0.6 is 0 Å². The second-order valence-corrected chi connectivity index (χ2v) is 10.3. The van der Waals surface area contributed by atoms with Crippen LogP contribution in [0.1, 0.15) is 26.7 Å². The number of likely N-dealkylation sites (tertiary alicyclic amines) is 2. The molecule has 8 aliphatic rings. The number of likely N-dealkylation sites (N-methyl/N-ethyl adjacent to an activating group) is 6. The molecule has 0 N–H and O–H groups in total. The molecule has 0 spiro atoms. The molecule has 0 saturated carbocycles. The van der Waals surface area contributed by atoms with E-state index >= 15 is 0 Å². The van der Waals surface area contributed by atoms with E-state index in [1.54, 1.807) is 0 Å². The predicted octanol–water partition coefficient (Wildman–Crippen LogP) is 1.55. The quantitative estimate of drug-likeness (QED) is 0.387. The van der Waals surface area contributed by atoms with Crippen molar-refractivity contribution in [3.05, 3.63) is 14.9 Å². The van der Waals surface area contributed by atoms with Crippen molar-refractivity contribution in [1.29, 1.82) is 0 Å². The van der Waals surface area contributed by atoms with Crippen LogP contribution in [0.2, 0.25) is 0 Å². The van der Waals surface area contributed by atoms with Crippen LogP contribution < -0.4 is 0 Å². The molecule has 184 valence electrons. The van der Waals surface area contributed by atoms with Crippen LogP contribution in [0.3, 0.4) is 0 Å². The molecule has 8 aliphatic heterocycles. The maximum absolute atomic E-state index is 2.50. The van der Waals surface area contributed by atoms with Gasteiger partial charge in [0, 0.05) is 75.5 Å². The predicted molar refractivity (Wildman–Crippen MR) is 132 cm³/mol. The minimum atomic E-state index is 0. The SMILES string of the molecule is C.CN1CC2CC(C1)N2C.CN1CC2CC(C1)N2C.CN1CC2CC1CN2C.[CH3-].[CH3-].[W+2]. The fraction of sp³-hybridized carbons (Fsp3) is 0.917. The van der Waals surface area contributed by atoms with E-state index in [4.69, 9.17) is 0 Å². The fourth-order valence-corrected chi connectivity index (χ4v) is 6.08. The van der Waals surface area contributed by atoms with Gasteiger partial charge in [0.2, 0.25) is 0 Å². The molecule has 0 aromatic heterocycles. The van der Waals surface area contributed by atoms with Gasteiger partial charge in [0.25, 0.3) is 0 Å². The van der Waals surface area contributed by atoms with E-state index in [-0.39, 0.29) is 43.3 Å². The van der Waals surface area contributed by atoms with Crippen LogP contribution in [0.5, 0.6) is 0 Å². The Morgan fingerprint density at radius 2 is 0.710 bits per heavy atom. The summed E-state index contributed by atoms with van der Waals surface area (Å²) in [6, 6.07) is 5.28. The standard InChI is InChI=1S/3C7H14N2.CH4.2CH3.W/c1-8-4-7-3-6(8)5-9(7)2;2*1-8-4-6-3-7(5-8)9(6)2;;;;/h3*6-7H,3-5H2,1-2H3;1H4;2*1H3;/q;;;;2*-1;+2. The number of piperidine rings is 2. The summed E-state index contributed by atoms with van der Waals surface area (Å²) in [6.07, 6.45) is 4.30. The molecule has 8 saturated heterocycles. The molecular formula is C24H52N6W. The van der Waals surface area contributed by atoms with E-state index in [1.807, 2.05) is 0 Å². The molecule has 31 heavy (non-hydrogen) atoms. The molecule has 8 rings (SSSR count). The largest absolute Gasteiger partial charge is 2.00 e. The Labute approximate surface area is 209 Å². The zero-order valence-corrected chi connectivity index (χ0v) is 23.9. The minimum absolute atomic E-state index is 0. The average Bonchev–Trinajstić information content (AvgIpc) is 3.20. The van der Waals surface area contributed by atoms with Gasteiger partial charge in [-0.25, -0.2) is 0 Å². The van der Waals surface area contributed by atoms with Crippen LogP contribution in [0.25, 0.3) is 0 Å². The molecule has 6 nitrogen and oxygen atoms in total. The van der Waals surface area contributed by atoms with Crippen LogP contribution in [0.4, 0.5) is 0 Å². The first-order valence-corrected chi connectivity index (χ1v) is 11.0. The number of hydrogen-bond acceptors (Lipinski definition) is 6. The van der Waals surface area contributed by atoms with Gasteiger partial charge in [0.05, 0.1) is 0 Å². The van der Waals surface area contributed by atoms with Gasteiger partial charge < -0.3 is 34.5 Å². The Morgan fingerprint density at radius 3 is 0.871 bits per heavy atom. The fourth-order valence-electron chi connectivity index (χ4n) is 6.08. The van der Waals surface area contributed by atoms with Crippen LogP contribution in [0.15, 0.2) is 0 Å². The summed E-state index contributed by atoms with van der Waals surface area (Å²) in [6.45, 7) is 7.72. The minimum Gasteiger partial charge on any atom is -0.358 e. The summed E-state index contributed by atoms with van der Waals surface area (Å²) in [5, 5.41) is 0. The molecule has 6 atom stereocenters. The first kappa shape index (κ1) is 31.4. The van der Waals surface area contributed by atoms with E-state index in [0.29, 0.717) is 0 Å². The van der Waals surface area contributed by atoms with Crippen molar-refractivity contribution >= 4 is 0 Å². The Morgan fingerprint density at radius 1 is 0.452 bits per heavy atom.